The molecule has 0 fully saturated rings. The van der Waals surface area contributed by atoms with Crippen LogP contribution in [0.25, 0.3) is 0 Å². The number of carbonyl (C=O) groups excluding carboxylic acids is 1. The molecular weight excluding hydrogens is 875 g/mol. The van der Waals surface area contributed by atoms with E-state index in [-0.39, 0.29) is 0 Å². The summed E-state index contributed by atoms with van der Waals surface area (Å²) in [5.74, 6) is 2.45. The van der Waals surface area contributed by atoms with Gasteiger partial charge in [0.05, 0.1) is 0 Å². The van der Waals surface area contributed by atoms with Gasteiger partial charge >= 0.3 is 5.97 Å². The van der Waals surface area contributed by atoms with Crippen LogP contribution in [-0.4, -0.2) is 47.0 Å². The lowest BCUT2D eigenvalue weighted by molar-refractivity contribution is -0.137. The fourth-order valence-electron chi connectivity index (χ4n) is 10.6. The van der Waals surface area contributed by atoms with Gasteiger partial charge in [0.2, 0.25) is 5.91 Å². The molecule has 0 unspecified atom stereocenters. The quantitative estimate of drug-likeness (QED) is 0.0617. The van der Waals surface area contributed by atoms with E-state index in [1.807, 2.05) is 11.9 Å². The van der Waals surface area contributed by atoms with E-state index < -0.39 is 5.97 Å². The third kappa shape index (κ3) is 61.6. The van der Waals surface area contributed by atoms with Gasteiger partial charge in [0, 0.05) is 26.4 Å². The molecule has 0 heterocycles. The summed E-state index contributed by atoms with van der Waals surface area (Å²) in [7, 11) is 1.97. The van der Waals surface area contributed by atoms with E-state index >= 15 is 0 Å². The third-order valence-corrected chi connectivity index (χ3v) is 16.8. The summed E-state index contributed by atoms with van der Waals surface area (Å²) in [6.45, 7) is 3.20. The smallest absolute Gasteiger partial charge is 0.303 e. The topological polar surface area (TPSA) is 57.6 Å². The number of rotatable bonds is 63. The molecule has 0 aromatic heterocycles. The summed E-state index contributed by atoms with van der Waals surface area (Å²) >= 11 is 2.22. The van der Waals surface area contributed by atoms with Crippen molar-refractivity contribution in [1.29, 1.82) is 0 Å². The van der Waals surface area contributed by atoms with Gasteiger partial charge in [-0.1, -0.05) is 334 Å². The van der Waals surface area contributed by atoms with Crippen LogP contribution in [-0.2, 0) is 9.59 Å². The van der Waals surface area contributed by atoms with Crippen LogP contribution < -0.4 is 0 Å². The van der Waals surface area contributed by atoms with Crippen molar-refractivity contribution in [3.8, 4) is 0 Å². The summed E-state index contributed by atoms with van der Waals surface area (Å²) in [5, 5.41) is 8.69. The second-order valence-electron chi connectivity index (χ2n) is 22.8. The van der Waals surface area contributed by atoms with Gasteiger partial charge in [0.15, 0.2) is 0 Å². The van der Waals surface area contributed by atoms with Crippen molar-refractivity contribution in [1.82, 2.24) is 4.90 Å². The number of carbonyl (C=O) groups is 2. The molecule has 0 spiro atoms. The number of hydrogen-bond donors (Lipinski definition) is 1. The molecule has 1 amide bonds. The van der Waals surface area contributed by atoms with Crippen LogP contribution in [0.3, 0.4) is 0 Å². The molecule has 0 saturated carbocycles. The number of aliphatic carboxylic acids is 1. The minimum atomic E-state index is -0.679. The molecule has 0 aliphatic carbocycles. The Bertz CT molecular complexity index is 990. The Kier molecular flexibility index (Phi) is 62.0. The summed E-state index contributed by atoms with van der Waals surface area (Å²) in [4.78, 5) is 25.0. The highest BCUT2D eigenvalue weighted by atomic mass is 32.2. The second kappa shape index (κ2) is 62.6. The predicted molar refractivity (Wildman–Crippen MR) is 316 cm³/mol. The first-order chi connectivity index (χ1) is 34.6. The fourth-order valence-corrected chi connectivity index (χ4v) is 11.7. The van der Waals surface area contributed by atoms with Gasteiger partial charge in [-0.2, -0.15) is 11.8 Å². The summed E-state index contributed by atoms with van der Waals surface area (Å²) < 4.78 is 0. The number of amides is 1. The standard InChI is InChI=1S/C65H129NO3S/c1-3-4-5-6-7-8-42-47-52-57-62-70-63-58-53-48-43-38-36-34-32-30-28-26-24-22-20-18-16-14-12-10-9-11-13-15-17-19-21-23-25-27-29-31-33-35-37-39-44-49-54-59-64(67)66(2)61-56-51-46-41-40-45-50-55-60-65(68)69/h3-63H2,1-2H3,(H,68,69). The maximum Gasteiger partial charge on any atom is 0.303 e. The highest BCUT2D eigenvalue weighted by Crippen LogP contribution is 2.20. The molecule has 0 aliphatic rings. The zero-order valence-electron chi connectivity index (χ0n) is 48.3. The average Bonchev–Trinajstić information content (AvgIpc) is 3.36. The van der Waals surface area contributed by atoms with Gasteiger partial charge < -0.3 is 10.0 Å². The molecular formula is C65H129NO3S. The number of thioether (sulfide) groups is 1. The minimum absolute atomic E-state index is 0.306. The lowest BCUT2D eigenvalue weighted by atomic mass is 10.0. The predicted octanol–water partition coefficient (Wildman–Crippen LogP) is 22.9. The van der Waals surface area contributed by atoms with Gasteiger partial charge in [-0.25, -0.2) is 0 Å². The van der Waals surface area contributed by atoms with Gasteiger partial charge in [0.1, 0.15) is 0 Å². The van der Waals surface area contributed by atoms with Crippen LogP contribution in [0.15, 0.2) is 0 Å². The van der Waals surface area contributed by atoms with Crippen molar-refractivity contribution in [2.75, 3.05) is 25.1 Å². The van der Waals surface area contributed by atoms with Crippen molar-refractivity contribution in [2.24, 2.45) is 0 Å². The number of hydrogen-bond acceptors (Lipinski definition) is 3. The Hall–Kier alpha value is -0.710. The van der Waals surface area contributed by atoms with Crippen LogP contribution in [0.2, 0.25) is 0 Å². The number of carboxylic acid groups (broad SMARTS) is 1. The SMILES string of the molecule is CCCCCCCCCCCCSCCCCCCCCCCCCCCCCCCCCCCCCCCCCCCCCCCCCCCCCC(=O)N(C)CCCCCCCCCCC(=O)O. The number of nitrogens with zero attached hydrogens (tertiary/aromatic N) is 1. The number of carboxylic acids is 1. The van der Waals surface area contributed by atoms with Gasteiger partial charge in [-0.3, -0.25) is 9.59 Å². The largest absolute Gasteiger partial charge is 0.481 e. The number of unbranched alkanes of at least 4 members (excludes halogenated alkanes) is 53. The normalized spacial score (nSPS) is 11.6. The molecule has 0 radical (unpaired) electrons. The van der Waals surface area contributed by atoms with Crippen LogP contribution in [0.1, 0.15) is 379 Å². The third-order valence-electron chi connectivity index (χ3n) is 15.6. The maximum atomic E-state index is 12.5. The Morgan fingerprint density at radius 2 is 0.486 bits per heavy atom. The van der Waals surface area contributed by atoms with Crippen molar-refractivity contribution in [3.05, 3.63) is 0 Å². The Labute approximate surface area is 445 Å². The molecule has 5 heteroatoms. The molecule has 1 N–H and O–H groups in total. The van der Waals surface area contributed by atoms with E-state index in [9.17, 15) is 9.59 Å². The van der Waals surface area contributed by atoms with Crippen molar-refractivity contribution >= 4 is 23.6 Å². The Morgan fingerprint density at radius 1 is 0.286 bits per heavy atom. The van der Waals surface area contributed by atoms with Crippen LogP contribution >= 0.6 is 11.8 Å². The second-order valence-corrected chi connectivity index (χ2v) is 24.0. The summed E-state index contributed by atoms with van der Waals surface area (Å²) in [5.41, 5.74) is 0. The van der Waals surface area contributed by atoms with E-state index in [1.54, 1.807) is 0 Å². The monoisotopic (exact) mass is 1000 g/mol. The van der Waals surface area contributed by atoms with E-state index in [4.69, 9.17) is 5.11 Å². The first-order valence-electron chi connectivity index (χ1n) is 32.6. The van der Waals surface area contributed by atoms with E-state index in [1.165, 1.54) is 339 Å². The van der Waals surface area contributed by atoms with Crippen molar-refractivity contribution in [2.45, 2.75) is 379 Å². The van der Waals surface area contributed by atoms with Crippen molar-refractivity contribution in [3.63, 3.8) is 0 Å². The molecule has 0 aromatic carbocycles. The molecule has 70 heavy (non-hydrogen) atoms. The lowest BCUT2D eigenvalue weighted by Gasteiger charge is -2.17. The first-order valence-corrected chi connectivity index (χ1v) is 33.8. The highest BCUT2D eigenvalue weighted by molar-refractivity contribution is 7.99. The zero-order chi connectivity index (χ0) is 50.6. The summed E-state index contributed by atoms with van der Waals surface area (Å²) in [6, 6.07) is 0. The zero-order valence-corrected chi connectivity index (χ0v) is 49.1. The van der Waals surface area contributed by atoms with Gasteiger partial charge in [-0.15, -0.1) is 0 Å². The van der Waals surface area contributed by atoms with Crippen LogP contribution in [0, 0.1) is 0 Å². The molecule has 0 aromatic rings. The Balaban J connectivity index is 3.15. The summed E-state index contributed by atoms with van der Waals surface area (Å²) in [6.07, 6.45) is 79.2. The van der Waals surface area contributed by atoms with Gasteiger partial charge in [0.25, 0.3) is 0 Å². The first kappa shape index (κ1) is 69.3. The lowest BCUT2D eigenvalue weighted by Crippen LogP contribution is -2.27. The van der Waals surface area contributed by atoms with E-state index in [2.05, 4.69) is 18.7 Å². The molecule has 418 valence electrons. The van der Waals surface area contributed by atoms with Crippen molar-refractivity contribution < 1.29 is 14.7 Å². The minimum Gasteiger partial charge on any atom is -0.481 e. The van der Waals surface area contributed by atoms with E-state index in [0.717, 1.165) is 38.6 Å². The Morgan fingerprint density at radius 3 is 0.729 bits per heavy atom. The molecule has 0 atom stereocenters. The molecule has 4 nitrogen and oxygen atoms in total. The van der Waals surface area contributed by atoms with E-state index in [0.29, 0.717) is 18.7 Å². The fraction of sp³-hybridized carbons (Fsp3) is 0.969. The maximum absolute atomic E-state index is 12.5. The van der Waals surface area contributed by atoms with Crippen LogP contribution in [0.5, 0.6) is 0 Å². The van der Waals surface area contributed by atoms with Crippen LogP contribution in [0.4, 0.5) is 0 Å². The molecule has 0 saturated heterocycles. The van der Waals surface area contributed by atoms with Gasteiger partial charge in [-0.05, 0) is 43.6 Å². The highest BCUT2D eigenvalue weighted by Gasteiger charge is 2.08. The molecule has 0 rings (SSSR count). The average molecular weight is 1000 g/mol. The molecule has 0 aliphatic heterocycles. The molecule has 0 bridgehead atoms.